The van der Waals surface area contributed by atoms with Crippen LogP contribution in [0.4, 0.5) is 0 Å². The summed E-state index contributed by atoms with van der Waals surface area (Å²) >= 11 is 0. The molecule has 7 aromatic carbocycles. The molecule has 244 valence electrons. The molecular formula is C45H23B5N4O. The maximum Gasteiger partial charge on any atom is 0.164 e. The first-order valence-electron chi connectivity index (χ1n) is 17.7. The Labute approximate surface area is 323 Å². The fraction of sp³-hybridized carbons (Fsp3) is 0. The molecule has 0 amide bonds. The van der Waals surface area contributed by atoms with Gasteiger partial charge in [0, 0.05) is 43.9 Å². The molecule has 3 aromatic heterocycles. The molecule has 0 spiro atoms. The van der Waals surface area contributed by atoms with Gasteiger partial charge in [0.25, 0.3) is 0 Å². The lowest BCUT2D eigenvalue weighted by Crippen LogP contribution is -2.55. The molecule has 10 rings (SSSR count). The molecule has 0 aliphatic carbocycles. The van der Waals surface area contributed by atoms with Gasteiger partial charge >= 0.3 is 0 Å². The van der Waals surface area contributed by atoms with Crippen LogP contribution in [0, 0.1) is 0 Å². The summed E-state index contributed by atoms with van der Waals surface area (Å²) < 4.78 is 8.78. The molecule has 5 nitrogen and oxygen atoms in total. The lowest BCUT2D eigenvalue weighted by molar-refractivity contribution is 0.669. The molecule has 10 heteroatoms. The molecule has 0 aliphatic heterocycles. The second-order valence-corrected chi connectivity index (χ2v) is 13.6. The van der Waals surface area contributed by atoms with Gasteiger partial charge in [-0.2, -0.15) is 0 Å². The van der Waals surface area contributed by atoms with E-state index in [-0.39, 0.29) is 27.3 Å². The van der Waals surface area contributed by atoms with E-state index in [9.17, 15) is 0 Å². The Morgan fingerprint density at radius 1 is 0.382 bits per heavy atom. The van der Waals surface area contributed by atoms with Crippen LogP contribution < -0.4 is 27.3 Å². The number of hydrogen-bond donors (Lipinski definition) is 0. The SMILES string of the molecule is [B]c1c([B])c([B])c(-c2ccc(-c3nc(-c4ccccc4)nc(-c4ccc5c(c4)oc4ccc(-n6c7ccccc7c7ccccc76)cc45)n3)cc2)c([B])c1[B]. The van der Waals surface area contributed by atoms with Gasteiger partial charge in [0.05, 0.1) is 11.0 Å². The van der Waals surface area contributed by atoms with Crippen LogP contribution in [0.2, 0.25) is 0 Å². The highest BCUT2D eigenvalue weighted by Gasteiger charge is 2.18. The zero-order valence-electron chi connectivity index (χ0n) is 29.4. The standard InChI is InChI=1S/C45H23B5N4O/c46-38-37(39(47)41(49)42(50)40(38)48)24-14-16-26(17-15-24)44-51-43(25-8-2-1-3-9-25)52-45(53-44)27-18-20-31-32-23-28(19-21-35(32)55-36(31)22-27)54-33-12-6-4-10-29(33)30-11-5-7-13-34(30)54/h1-23H. The van der Waals surface area contributed by atoms with Crippen LogP contribution in [-0.4, -0.2) is 58.8 Å². The first-order valence-corrected chi connectivity index (χ1v) is 17.7. The number of para-hydroxylation sites is 2. The van der Waals surface area contributed by atoms with Crippen LogP contribution in [0.3, 0.4) is 0 Å². The van der Waals surface area contributed by atoms with Gasteiger partial charge in [0.2, 0.25) is 0 Å². The molecule has 0 fully saturated rings. The number of furan rings is 1. The molecule has 10 radical (unpaired) electrons. The second kappa shape index (κ2) is 12.8. The van der Waals surface area contributed by atoms with Gasteiger partial charge in [-0.15, -0.1) is 16.4 Å². The molecule has 10 aromatic rings. The van der Waals surface area contributed by atoms with E-state index in [2.05, 4.69) is 71.3 Å². The summed E-state index contributed by atoms with van der Waals surface area (Å²) in [4.78, 5) is 14.8. The summed E-state index contributed by atoms with van der Waals surface area (Å²) in [6.07, 6.45) is 0. The normalized spacial score (nSPS) is 11.6. The molecule has 0 unspecified atom stereocenters. The molecular weight excluding hydrogens is 667 g/mol. The highest BCUT2D eigenvalue weighted by atomic mass is 16.3. The average molecular weight is 690 g/mol. The van der Waals surface area contributed by atoms with Crippen LogP contribution in [0.5, 0.6) is 0 Å². The highest BCUT2D eigenvalue weighted by molar-refractivity contribution is 6.68. The average Bonchev–Trinajstić information content (AvgIpc) is 3.77. The van der Waals surface area contributed by atoms with Gasteiger partial charge in [-0.3, -0.25) is 0 Å². The molecule has 0 bridgehead atoms. The minimum atomic E-state index is 0.173. The van der Waals surface area contributed by atoms with Crippen molar-refractivity contribution < 1.29 is 4.42 Å². The van der Waals surface area contributed by atoms with Crippen LogP contribution in [0.1, 0.15) is 0 Å². The van der Waals surface area contributed by atoms with E-state index < -0.39 is 0 Å². The number of benzene rings is 7. The Morgan fingerprint density at radius 2 is 0.891 bits per heavy atom. The second-order valence-electron chi connectivity index (χ2n) is 13.6. The van der Waals surface area contributed by atoms with Crippen LogP contribution in [0.15, 0.2) is 144 Å². The van der Waals surface area contributed by atoms with Crippen molar-refractivity contribution in [3.05, 3.63) is 140 Å². The molecule has 0 saturated heterocycles. The van der Waals surface area contributed by atoms with Crippen molar-refractivity contribution in [3.8, 4) is 51.0 Å². The van der Waals surface area contributed by atoms with Gasteiger partial charge in [0.15, 0.2) is 17.5 Å². The summed E-state index contributed by atoms with van der Waals surface area (Å²) in [5, 5.41) is 4.45. The van der Waals surface area contributed by atoms with E-state index in [4.69, 9.17) is 58.6 Å². The third-order valence-corrected chi connectivity index (χ3v) is 10.3. The van der Waals surface area contributed by atoms with Crippen molar-refractivity contribution in [2.45, 2.75) is 0 Å². The van der Waals surface area contributed by atoms with E-state index in [1.54, 1.807) is 0 Å². The third kappa shape index (κ3) is 5.35. The topological polar surface area (TPSA) is 56.7 Å². The smallest absolute Gasteiger partial charge is 0.164 e. The Kier molecular flexibility index (Phi) is 7.70. The first kappa shape index (κ1) is 33.1. The molecule has 3 heterocycles. The van der Waals surface area contributed by atoms with Gasteiger partial charge in [-0.05, 0) is 53.6 Å². The minimum Gasteiger partial charge on any atom is -0.456 e. The predicted octanol–water partition coefficient (Wildman–Crippen LogP) is 5.51. The third-order valence-electron chi connectivity index (χ3n) is 10.3. The maximum absolute atomic E-state index is 6.46. The zero-order valence-corrected chi connectivity index (χ0v) is 29.4. The Morgan fingerprint density at radius 3 is 1.53 bits per heavy atom. The maximum atomic E-state index is 6.46. The molecule has 0 atom stereocenters. The van der Waals surface area contributed by atoms with E-state index in [0.29, 0.717) is 23.0 Å². The lowest BCUT2D eigenvalue weighted by atomic mass is 9.59. The van der Waals surface area contributed by atoms with Crippen molar-refractivity contribution in [2.75, 3.05) is 0 Å². The molecule has 55 heavy (non-hydrogen) atoms. The number of rotatable bonds is 5. The summed E-state index contributed by atoms with van der Waals surface area (Å²) in [5.41, 5.74) is 9.68. The van der Waals surface area contributed by atoms with E-state index in [1.165, 1.54) is 10.8 Å². The highest BCUT2D eigenvalue weighted by Crippen LogP contribution is 2.37. The predicted molar refractivity (Wildman–Crippen MR) is 230 cm³/mol. The Hall–Kier alpha value is -6.53. The van der Waals surface area contributed by atoms with Crippen molar-refractivity contribution in [2.24, 2.45) is 0 Å². The van der Waals surface area contributed by atoms with Gasteiger partial charge in [-0.25, -0.2) is 15.0 Å². The van der Waals surface area contributed by atoms with Gasteiger partial charge in [0.1, 0.15) is 50.4 Å². The largest absolute Gasteiger partial charge is 0.456 e. The van der Waals surface area contributed by atoms with E-state index in [1.807, 2.05) is 72.8 Å². The van der Waals surface area contributed by atoms with Crippen LogP contribution >= 0.6 is 0 Å². The lowest BCUT2D eigenvalue weighted by Gasteiger charge is -2.21. The number of fused-ring (bicyclic) bond motifs is 6. The fourth-order valence-electron chi connectivity index (χ4n) is 7.54. The summed E-state index contributed by atoms with van der Waals surface area (Å²) in [6.45, 7) is 0. The van der Waals surface area contributed by atoms with E-state index in [0.717, 1.165) is 60.9 Å². The van der Waals surface area contributed by atoms with E-state index >= 15 is 0 Å². The number of nitrogens with zero attached hydrogens (tertiary/aromatic N) is 4. The zero-order chi connectivity index (χ0) is 37.4. The fourth-order valence-corrected chi connectivity index (χ4v) is 7.54. The summed E-state index contributed by atoms with van der Waals surface area (Å²) in [5.74, 6) is 1.54. The Bertz CT molecular complexity index is 3070. The molecule has 0 aliphatic rings. The molecule has 0 N–H and O–H groups in total. The van der Waals surface area contributed by atoms with Crippen LogP contribution in [-0.2, 0) is 0 Å². The van der Waals surface area contributed by atoms with Gasteiger partial charge in [-0.1, -0.05) is 108 Å². The minimum absolute atomic E-state index is 0.173. The van der Waals surface area contributed by atoms with Crippen molar-refractivity contribution in [3.63, 3.8) is 0 Å². The van der Waals surface area contributed by atoms with Crippen molar-refractivity contribution >= 4 is 110 Å². The number of hydrogen-bond acceptors (Lipinski definition) is 4. The number of aromatic nitrogens is 4. The quantitative estimate of drug-likeness (QED) is 0.224. The van der Waals surface area contributed by atoms with Crippen molar-refractivity contribution in [1.29, 1.82) is 0 Å². The monoisotopic (exact) mass is 690 g/mol. The first-order chi connectivity index (χ1) is 26.8. The summed E-state index contributed by atoms with van der Waals surface area (Å²) in [7, 11) is 31.0. The molecule has 0 saturated carbocycles. The van der Waals surface area contributed by atoms with Crippen LogP contribution in [0.25, 0.3) is 94.7 Å². The van der Waals surface area contributed by atoms with Gasteiger partial charge < -0.3 is 8.98 Å². The Balaban J connectivity index is 1.08. The van der Waals surface area contributed by atoms with Crippen molar-refractivity contribution in [1.82, 2.24) is 19.5 Å². The summed E-state index contributed by atoms with van der Waals surface area (Å²) in [6, 6.07) is 46.9.